The minimum absolute atomic E-state index is 0.0361. The van der Waals surface area contributed by atoms with Gasteiger partial charge in [0.1, 0.15) is 5.75 Å². The second kappa shape index (κ2) is 11.5. The molecule has 1 fully saturated rings. The zero-order valence-corrected chi connectivity index (χ0v) is 19.8. The van der Waals surface area contributed by atoms with E-state index in [4.69, 9.17) is 9.47 Å². The summed E-state index contributed by atoms with van der Waals surface area (Å²) in [5.74, 6) is 1.66. The van der Waals surface area contributed by atoms with Crippen LogP contribution in [0.15, 0.2) is 70.9 Å². The number of thioether (sulfide) groups is 1. The monoisotopic (exact) mass is 468 g/mol. The Bertz CT molecular complexity index is 987. The Morgan fingerprint density at radius 3 is 2.62 bits per heavy atom. The molecule has 7 heteroatoms. The molecule has 0 aliphatic carbocycles. The van der Waals surface area contributed by atoms with E-state index in [0.717, 1.165) is 40.6 Å². The summed E-state index contributed by atoms with van der Waals surface area (Å²) in [5, 5.41) is 5.28. The van der Waals surface area contributed by atoms with Crippen molar-refractivity contribution < 1.29 is 14.3 Å². The lowest BCUT2D eigenvalue weighted by Crippen LogP contribution is -2.43. The average Bonchev–Trinajstić information content (AvgIpc) is 3.38. The molecule has 2 aromatic carbocycles. The number of carbonyl (C=O) groups is 1. The molecule has 3 aromatic rings. The van der Waals surface area contributed by atoms with E-state index in [1.807, 2.05) is 36.4 Å². The van der Waals surface area contributed by atoms with Gasteiger partial charge in [-0.3, -0.25) is 9.69 Å². The number of benzene rings is 2. The van der Waals surface area contributed by atoms with Crippen LogP contribution in [-0.4, -0.2) is 50.8 Å². The highest BCUT2D eigenvalue weighted by atomic mass is 32.2. The largest absolute Gasteiger partial charge is 0.497 e. The quantitative estimate of drug-likeness (QED) is 0.455. The fraction of sp³-hybridized carbons (Fsp3) is 0.320. The molecule has 5 nitrogen and oxygen atoms in total. The number of amides is 1. The number of hydrogen-bond acceptors (Lipinski definition) is 6. The van der Waals surface area contributed by atoms with Crippen LogP contribution >= 0.6 is 23.1 Å². The number of ether oxygens (including phenoxy) is 2. The van der Waals surface area contributed by atoms with Gasteiger partial charge in [-0.05, 0) is 41.3 Å². The van der Waals surface area contributed by atoms with Gasteiger partial charge in [0.25, 0.3) is 5.91 Å². The molecule has 168 valence electrons. The summed E-state index contributed by atoms with van der Waals surface area (Å²) < 4.78 is 10.8. The van der Waals surface area contributed by atoms with Gasteiger partial charge < -0.3 is 14.8 Å². The molecule has 1 N–H and O–H groups in total. The van der Waals surface area contributed by atoms with Crippen LogP contribution in [-0.2, 0) is 10.5 Å². The van der Waals surface area contributed by atoms with Crippen LogP contribution in [0.25, 0.3) is 0 Å². The van der Waals surface area contributed by atoms with Gasteiger partial charge in [0.05, 0.1) is 31.9 Å². The number of morpholine rings is 1. The molecule has 1 unspecified atom stereocenters. The third-order valence-corrected chi connectivity index (χ3v) is 7.71. The van der Waals surface area contributed by atoms with Crippen LogP contribution in [0.2, 0.25) is 0 Å². The van der Waals surface area contributed by atoms with Crippen LogP contribution in [0.4, 0.5) is 0 Å². The van der Waals surface area contributed by atoms with Gasteiger partial charge in [-0.25, -0.2) is 0 Å². The highest BCUT2D eigenvalue weighted by Gasteiger charge is 2.24. The van der Waals surface area contributed by atoms with Gasteiger partial charge in [0.15, 0.2) is 0 Å². The predicted octanol–water partition coefficient (Wildman–Crippen LogP) is 4.85. The summed E-state index contributed by atoms with van der Waals surface area (Å²) in [5.41, 5.74) is 1.89. The average molecular weight is 469 g/mol. The van der Waals surface area contributed by atoms with Crippen molar-refractivity contribution in [3.63, 3.8) is 0 Å². The molecule has 0 saturated carbocycles. The van der Waals surface area contributed by atoms with Crippen LogP contribution in [0, 0.1) is 0 Å². The maximum atomic E-state index is 13.2. The van der Waals surface area contributed by atoms with Crippen LogP contribution in [0.1, 0.15) is 26.8 Å². The molecule has 1 amide bonds. The molecule has 0 bridgehead atoms. The molecular weight excluding hydrogens is 440 g/mol. The zero-order valence-electron chi connectivity index (χ0n) is 18.2. The standard InChI is InChI=1S/C25H28N2O3S2/c1-29-20-10-8-19(9-11-20)23(27-12-14-30-15-13-27)17-26-25(28)22-6-2-3-7-24(22)32-18-21-5-4-16-31-21/h2-11,16,23H,12-15,17-18H2,1H3,(H,26,28). The first-order valence-electron chi connectivity index (χ1n) is 10.7. The van der Waals surface area contributed by atoms with E-state index in [0.29, 0.717) is 19.8 Å². The Morgan fingerprint density at radius 2 is 1.91 bits per heavy atom. The van der Waals surface area contributed by atoms with Crippen molar-refractivity contribution in [2.24, 2.45) is 0 Å². The maximum absolute atomic E-state index is 13.2. The molecule has 1 aliphatic rings. The molecule has 1 saturated heterocycles. The lowest BCUT2D eigenvalue weighted by atomic mass is 10.0. The highest BCUT2D eigenvalue weighted by molar-refractivity contribution is 7.98. The van der Waals surface area contributed by atoms with Crippen molar-refractivity contribution in [2.45, 2.75) is 16.7 Å². The Kier molecular flexibility index (Phi) is 8.23. The van der Waals surface area contributed by atoms with E-state index in [1.165, 1.54) is 4.88 Å². The fourth-order valence-electron chi connectivity index (χ4n) is 3.78. The molecule has 2 heterocycles. The number of thiophene rings is 1. The summed E-state index contributed by atoms with van der Waals surface area (Å²) >= 11 is 3.45. The van der Waals surface area contributed by atoms with Gasteiger partial charge in [-0.2, -0.15) is 0 Å². The molecule has 0 radical (unpaired) electrons. The fourth-order valence-corrected chi connectivity index (χ4v) is 5.60. The third-order valence-electron chi connectivity index (χ3n) is 5.52. The first-order chi connectivity index (χ1) is 15.7. The number of nitrogens with zero attached hydrogens (tertiary/aromatic N) is 1. The third kappa shape index (κ3) is 5.92. The molecule has 4 rings (SSSR count). The van der Waals surface area contributed by atoms with Crippen molar-refractivity contribution >= 4 is 29.0 Å². The summed E-state index contributed by atoms with van der Waals surface area (Å²) in [6.07, 6.45) is 0. The lowest BCUT2D eigenvalue weighted by molar-refractivity contribution is 0.0162. The van der Waals surface area contributed by atoms with E-state index in [9.17, 15) is 4.79 Å². The van der Waals surface area contributed by atoms with Crippen molar-refractivity contribution in [1.82, 2.24) is 10.2 Å². The first kappa shape index (κ1) is 22.9. The highest BCUT2D eigenvalue weighted by Crippen LogP contribution is 2.28. The Hall–Kier alpha value is -2.32. The maximum Gasteiger partial charge on any atom is 0.252 e. The van der Waals surface area contributed by atoms with Crippen LogP contribution < -0.4 is 10.1 Å². The summed E-state index contributed by atoms with van der Waals surface area (Å²) in [7, 11) is 1.67. The Morgan fingerprint density at radius 1 is 1.12 bits per heavy atom. The number of hydrogen-bond donors (Lipinski definition) is 1. The summed E-state index contributed by atoms with van der Waals surface area (Å²) in [6, 6.07) is 20.2. The van der Waals surface area contributed by atoms with Crippen molar-refractivity contribution in [3.8, 4) is 5.75 Å². The van der Waals surface area contributed by atoms with Crippen molar-refractivity contribution in [2.75, 3.05) is 40.0 Å². The van der Waals surface area contributed by atoms with Gasteiger partial charge in [-0.1, -0.05) is 30.3 Å². The second-order valence-electron chi connectivity index (χ2n) is 7.51. The number of nitrogens with one attached hydrogen (secondary N) is 1. The summed E-state index contributed by atoms with van der Waals surface area (Å²) in [4.78, 5) is 17.8. The molecule has 0 spiro atoms. The van der Waals surface area contributed by atoms with E-state index < -0.39 is 0 Å². The van der Waals surface area contributed by atoms with Crippen molar-refractivity contribution in [1.29, 1.82) is 0 Å². The van der Waals surface area contributed by atoms with E-state index in [2.05, 4.69) is 39.9 Å². The Balaban J connectivity index is 1.46. The molecule has 1 aromatic heterocycles. The second-order valence-corrected chi connectivity index (χ2v) is 9.56. The minimum atomic E-state index is -0.0361. The first-order valence-corrected chi connectivity index (χ1v) is 12.6. The predicted molar refractivity (Wildman–Crippen MR) is 131 cm³/mol. The number of methoxy groups -OCH3 is 1. The molecular formula is C25H28N2O3S2. The number of rotatable bonds is 9. The SMILES string of the molecule is COc1ccc(C(CNC(=O)c2ccccc2SCc2cccs2)N2CCOCC2)cc1. The van der Waals surface area contributed by atoms with E-state index in [-0.39, 0.29) is 11.9 Å². The van der Waals surface area contributed by atoms with Crippen LogP contribution in [0.3, 0.4) is 0 Å². The van der Waals surface area contributed by atoms with Crippen molar-refractivity contribution in [3.05, 3.63) is 82.0 Å². The summed E-state index contributed by atoms with van der Waals surface area (Å²) in [6.45, 7) is 3.65. The smallest absolute Gasteiger partial charge is 0.252 e. The Labute approximate surface area is 197 Å². The van der Waals surface area contributed by atoms with Gasteiger partial charge >= 0.3 is 0 Å². The van der Waals surface area contributed by atoms with Gasteiger partial charge in [0.2, 0.25) is 0 Å². The zero-order chi connectivity index (χ0) is 22.2. The molecule has 1 atom stereocenters. The van der Waals surface area contributed by atoms with Crippen LogP contribution in [0.5, 0.6) is 5.75 Å². The van der Waals surface area contributed by atoms with Gasteiger partial charge in [-0.15, -0.1) is 23.1 Å². The van der Waals surface area contributed by atoms with Gasteiger partial charge in [0, 0.05) is 35.2 Å². The molecule has 32 heavy (non-hydrogen) atoms. The molecule has 1 aliphatic heterocycles. The minimum Gasteiger partial charge on any atom is -0.497 e. The van der Waals surface area contributed by atoms with E-state index >= 15 is 0 Å². The van der Waals surface area contributed by atoms with E-state index in [1.54, 1.807) is 30.2 Å². The number of carbonyl (C=O) groups excluding carboxylic acids is 1. The normalized spacial score (nSPS) is 15.3. The lowest BCUT2D eigenvalue weighted by Gasteiger charge is -2.35. The topological polar surface area (TPSA) is 50.8 Å².